The van der Waals surface area contributed by atoms with Crippen molar-refractivity contribution in [2.75, 3.05) is 5.43 Å². The molecule has 0 aliphatic heterocycles. The molecule has 3 rings (SSSR count). The summed E-state index contributed by atoms with van der Waals surface area (Å²) in [5.41, 5.74) is 5.57. The monoisotopic (exact) mass is 397 g/mol. The van der Waals surface area contributed by atoms with Crippen LogP contribution in [-0.2, 0) is 11.3 Å². The molecule has 9 heteroatoms. The van der Waals surface area contributed by atoms with Gasteiger partial charge in [0.1, 0.15) is 6.04 Å². The number of hydrogen-bond acceptors (Lipinski definition) is 6. The number of para-hydroxylation sites is 1. The van der Waals surface area contributed by atoms with Gasteiger partial charge < -0.3 is 9.73 Å². The molecule has 29 heavy (non-hydrogen) atoms. The maximum atomic E-state index is 12.7. The molecule has 2 heterocycles. The van der Waals surface area contributed by atoms with Gasteiger partial charge in [0, 0.05) is 6.54 Å². The van der Waals surface area contributed by atoms with E-state index in [4.69, 9.17) is 4.42 Å². The molecular formula is C20H23N5O4. The number of carbonyl (C=O) groups excluding carboxylic acids is 2. The lowest BCUT2D eigenvalue weighted by atomic mass is 10.0. The molecule has 3 aromatic rings. The molecule has 2 aromatic heterocycles. The van der Waals surface area contributed by atoms with Crippen molar-refractivity contribution in [3.63, 3.8) is 0 Å². The van der Waals surface area contributed by atoms with Gasteiger partial charge in [0.25, 0.3) is 17.4 Å². The average molecular weight is 397 g/mol. The van der Waals surface area contributed by atoms with Crippen molar-refractivity contribution in [2.45, 2.75) is 33.4 Å². The summed E-state index contributed by atoms with van der Waals surface area (Å²) in [7, 11) is 0. The fraction of sp³-hybridized carbons (Fsp3) is 0.300. The van der Waals surface area contributed by atoms with Crippen LogP contribution < -0.4 is 21.7 Å². The molecule has 0 saturated heterocycles. The van der Waals surface area contributed by atoms with Gasteiger partial charge in [-0.2, -0.15) is 0 Å². The van der Waals surface area contributed by atoms with Crippen LogP contribution in [0.4, 0.5) is 5.95 Å². The minimum absolute atomic E-state index is 0.118. The highest BCUT2D eigenvalue weighted by Gasteiger charge is 2.26. The normalized spacial score (nSPS) is 12.0. The van der Waals surface area contributed by atoms with Gasteiger partial charge in [0.05, 0.1) is 17.2 Å². The van der Waals surface area contributed by atoms with Gasteiger partial charge in [-0.25, -0.2) is 4.98 Å². The fourth-order valence-corrected chi connectivity index (χ4v) is 2.91. The standard InChI is InChI=1S/C20H23N5O4/c1-4-25-19(28)13-8-5-6-9-14(13)21-20(25)24-23-18(27)16(12(2)3)22-17(26)15-10-7-11-29-15/h5-12,16H,4H2,1-3H3,(H,21,24)(H,22,26)(H,23,27). The molecular weight excluding hydrogens is 374 g/mol. The van der Waals surface area contributed by atoms with Crippen LogP contribution >= 0.6 is 0 Å². The summed E-state index contributed by atoms with van der Waals surface area (Å²) in [6, 6.07) is 9.28. The number of hydrazine groups is 1. The van der Waals surface area contributed by atoms with Gasteiger partial charge >= 0.3 is 0 Å². The second-order valence-corrected chi connectivity index (χ2v) is 6.79. The molecule has 0 aliphatic rings. The number of benzene rings is 1. The van der Waals surface area contributed by atoms with E-state index in [0.29, 0.717) is 17.4 Å². The SMILES string of the molecule is CCn1c(NNC(=O)C(NC(=O)c2ccco2)C(C)C)nc2ccccc2c1=O. The number of rotatable bonds is 7. The van der Waals surface area contributed by atoms with E-state index in [2.05, 4.69) is 21.2 Å². The largest absolute Gasteiger partial charge is 0.459 e. The highest BCUT2D eigenvalue weighted by Crippen LogP contribution is 2.11. The predicted molar refractivity (Wildman–Crippen MR) is 108 cm³/mol. The number of furan rings is 1. The minimum atomic E-state index is -0.817. The Morgan fingerprint density at radius 3 is 2.59 bits per heavy atom. The number of amides is 2. The summed E-state index contributed by atoms with van der Waals surface area (Å²) < 4.78 is 6.49. The Hall–Kier alpha value is -3.62. The topological polar surface area (TPSA) is 118 Å². The third-order valence-corrected chi connectivity index (χ3v) is 4.46. The lowest BCUT2D eigenvalue weighted by molar-refractivity contribution is -0.123. The third kappa shape index (κ3) is 4.29. The zero-order chi connectivity index (χ0) is 21.0. The first-order chi connectivity index (χ1) is 13.9. The molecule has 0 radical (unpaired) electrons. The van der Waals surface area contributed by atoms with Gasteiger partial charge in [-0.15, -0.1) is 0 Å². The Balaban J connectivity index is 1.77. The van der Waals surface area contributed by atoms with E-state index in [0.717, 1.165) is 0 Å². The van der Waals surface area contributed by atoms with Gasteiger partial charge in [0.2, 0.25) is 5.95 Å². The zero-order valence-electron chi connectivity index (χ0n) is 16.4. The molecule has 1 unspecified atom stereocenters. The highest BCUT2D eigenvalue weighted by atomic mass is 16.3. The fourth-order valence-electron chi connectivity index (χ4n) is 2.91. The summed E-state index contributed by atoms with van der Waals surface area (Å²) in [4.78, 5) is 42.0. The van der Waals surface area contributed by atoms with E-state index in [1.807, 2.05) is 20.8 Å². The van der Waals surface area contributed by atoms with Crippen molar-refractivity contribution in [1.29, 1.82) is 0 Å². The lowest BCUT2D eigenvalue weighted by Gasteiger charge is -2.22. The van der Waals surface area contributed by atoms with Crippen molar-refractivity contribution in [2.24, 2.45) is 5.92 Å². The number of carbonyl (C=O) groups is 2. The molecule has 1 aromatic carbocycles. The first-order valence-electron chi connectivity index (χ1n) is 9.32. The van der Waals surface area contributed by atoms with Crippen LogP contribution in [0.15, 0.2) is 51.9 Å². The number of aromatic nitrogens is 2. The van der Waals surface area contributed by atoms with Gasteiger partial charge in [-0.1, -0.05) is 26.0 Å². The predicted octanol–water partition coefficient (Wildman–Crippen LogP) is 1.91. The van der Waals surface area contributed by atoms with E-state index in [9.17, 15) is 14.4 Å². The van der Waals surface area contributed by atoms with Crippen molar-refractivity contribution < 1.29 is 14.0 Å². The average Bonchev–Trinajstić information content (AvgIpc) is 3.25. The summed E-state index contributed by atoms with van der Waals surface area (Å²) in [6.45, 7) is 5.80. The second-order valence-electron chi connectivity index (χ2n) is 6.79. The van der Waals surface area contributed by atoms with E-state index in [-0.39, 0.29) is 23.2 Å². The van der Waals surface area contributed by atoms with Crippen LogP contribution in [0.5, 0.6) is 0 Å². The van der Waals surface area contributed by atoms with Crippen LogP contribution in [0.1, 0.15) is 31.3 Å². The smallest absolute Gasteiger partial charge is 0.287 e. The summed E-state index contributed by atoms with van der Waals surface area (Å²) >= 11 is 0. The molecule has 9 nitrogen and oxygen atoms in total. The third-order valence-electron chi connectivity index (χ3n) is 4.46. The minimum Gasteiger partial charge on any atom is -0.459 e. The molecule has 2 amide bonds. The summed E-state index contributed by atoms with van der Waals surface area (Å²) in [6.07, 6.45) is 1.39. The highest BCUT2D eigenvalue weighted by molar-refractivity contribution is 5.95. The van der Waals surface area contributed by atoms with Crippen molar-refractivity contribution in [3.05, 3.63) is 58.8 Å². The Labute approximate surface area is 167 Å². The van der Waals surface area contributed by atoms with Gasteiger partial charge in [0.15, 0.2) is 5.76 Å². The first kappa shape index (κ1) is 20.1. The van der Waals surface area contributed by atoms with Crippen molar-refractivity contribution in [3.8, 4) is 0 Å². The summed E-state index contributed by atoms with van der Waals surface area (Å²) in [5.74, 6) is -0.811. The van der Waals surface area contributed by atoms with E-state index in [1.165, 1.54) is 16.9 Å². The van der Waals surface area contributed by atoms with E-state index in [1.54, 1.807) is 30.3 Å². The van der Waals surface area contributed by atoms with Crippen LogP contribution in [0.3, 0.4) is 0 Å². The maximum Gasteiger partial charge on any atom is 0.287 e. The Morgan fingerprint density at radius 2 is 1.93 bits per heavy atom. The van der Waals surface area contributed by atoms with Crippen LogP contribution in [0.2, 0.25) is 0 Å². The number of hydrogen-bond donors (Lipinski definition) is 3. The van der Waals surface area contributed by atoms with Crippen molar-refractivity contribution in [1.82, 2.24) is 20.3 Å². The molecule has 1 atom stereocenters. The van der Waals surface area contributed by atoms with Gasteiger partial charge in [-0.05, 0) is 37.1 Å². The quantitative estimate of drug-likeness (QED) is 0.524. The number of anilines is 1. The lowest BCUT2D eigenvalue weighted by Crippen LogP contribution is -2.51. The van der Waals surface area contributed by atoms with Crippen LogP contribution in [-0.4, -0.2) is 27.4 Å². The number of fused-ring (bicyclic) bond motifs is 1. The zero-order valence-corrected chi connectivity index (χ0v) is 16.4. The van der Waals surface area contributed by atoms with Gasteiger partial charge in [-0.3, -0.25) is 29.8 Å². The molecule has 152 valence electrons. The molecule has 0 bridgehead atoms. The Bertz CT molecular complexity index is 1070. The molecule has 3 N–H and O–H groups in total. The molecule has 0 saturated carbocycles. The second kappa shape index (κ2) is 8.59. The van der Waals surface area contributed by atoms with Crippen LogP contribution in [0.25, 0.3) is 10.9 Å². The maximum absolute atomic E-state index is 12.7. The Kier molecular flexibility index (Phi) is 5.96. The number of nitrogens with one attached hydrogen (secondary N) is 3. The molecule has 0 spiro atoms. The van der Waals surface area contributed by atoms with E-state index >= 15 is 0 Å². The van der Waals surface area contributed by atoms with Crippen molar-refractivity contribution >= 4 is 28.7 Å². The molecule has 0 fully saturated rings. The number of nitrogens with zero attached hydrogens (tertiary/aromatic N) is 2. The summed E-state index contributed by atoms with van der Waals surface area (Å²) in [5, 5.41) is 3.15. The Morgan fingerprint density at radius 1 is 1.17 bits per heavy atom. The molecule has 0 aliphatic carbocycles. The van der Waals surface area contributed by atoms with Crippen LogP contribution in [0, 0.1) is 5.92 Å². The van der Waals surface area contributed by atoms with E-state index < -0.39 is 17.9 Å². The first-order valence-corrected chi connectivity index (χ1v) is 9.32.